The average molecular weight is 385 g/mol. The molecular formula is C19H19N3O4S. The van der Waals surface area contributed by atoms with Gasteiger partial charge in [-0.05, 0) is 35.9 Å². The first kappa shape index (κ1) is 18.7. The minimum absolute atomic E-state index is 0.114. The highest BCUT2D eigenvalue weighted by Gasteiger charge is 2.09. The van der Waals surface area contributed by atoms with Gasteiger partial charge >= 0.3 is 5.97 Å². The number of ether oxygens (including phenoxy) is 2. The summed E-state index contributed by atoms with van der Waals surface area (Å²) in [6, 6.07) is 9.08. The van der Waals surface area contributed by atoms with Crippen LogP contribution >= 0.6 is 11.3 Å². The van der Waals surface area contributed by atoms with Crippen molar-refractivity contribution in [1.82, 2.24) is 4.98 Å². The molecule has 140 valence electrons. The third kappa shape index (κ3) is 4.53. The van der Waals surface area contributed by atoms with Crippen LogP contribution in [0.25, 0.3) is 10.8 Å². The molecule has 0 amide bonds. The van der Waals surface area contributed by atoms with Crippen molar-refractivity contribution in [2.24, 2.45) is 5.10 Å². The van der Waals surface area contributed by atoms with Crippen LogP contribution in [0.3, 0.4) is 0 Å². The van der Waals surface area contributed by atoms with Crippen molar-refractivity contribution in [1.29, 1.82) is 0 Å². The molecule has 2 N–H and O–H groups in total. The Morgan fingerprint density at radius 3 is 2.96 bits per heavy atom. The van der Waals surface area contributed by atoms with Crippen molar-refractivity contribution >= 4 is 39.4 Å². The summed E-state index contributed by atoms with van der Waals surface area (Å²) in [7, 11) is 1.59. The number of nitrogens with one attached hydrogen (secondary N) is 1. The lowest BCUT2D eigenvalue weighted by molar-refractivity contribution is -0.142. The third-order valence-electron chi connectivity index (χ3n) is 3.78. The highest BCUT2D eigenvalue weighted by molar-refractivity contribution is 7.13. The predicted molar refractivity (Wildman–Crippen MR) is 106 cm³/mol. The fourth-order valence-electron chi connectivity index (χ4n) is 2.52. The molecule has 0 spiro atoms. The Bertz CT molecular complexity index is 984. The second kappa shape index (κ2) is 8.50. The highest BCUT2D eigenvalue weighted by Crippen LogP contribution is 2.29. The van der Waals surface area contributed by atoms with E-state index in [-0.39, 0.29) is 18.1 Å². The van der Waals surface area contributed by atoms with Gasteiger partial charge in [-0.25, -0.2) is 4.98 Å². The number of rotatable bonds is 7. The molecule has 7 nitrogen and oxygen atoms in total. The highest BCUT2D eigenvalue weighted by atomic mass is 32.1. The predicted octanol–water partition coefficient (Wildman–Crippen LogP) is 3.56. The molecule has 0 aliphatic heterocycles. The van der Waals surface area contributed by atoms with E-state index in [0.717, 1.165) is 10.8 Å². The van der Waals surface area contributed by atoms with Gasteiger partial charge in [-0.15, -0.1) is 11.3 Å². The normalized spacial score (nSPS) is 11.0. The van der Waals surface area contributed by atoms with Crippen LogP contribution in [0.4, 0.5) is 5.13 Å². The molecule has 2 aromatic carbocycles. The number of hydrogen-bond acceptors (Lipinski definition) is 8. The quantitative estimate of drug-likeness (QED) is 0.367. The number of fused-ring (bicyclic) bond motifs is 1. The third-order valence-corrected chi connectivity index (χ3v) is 4.58. The molecule has 8 heteroatoms. The first-order chi connectivity index (χ1) is 13.1. The summed E-state index contributed by atoms with van der Waals surface area (Å²) in [6.07, 6.45) is 1.66. The number of aromatic hydroxyl groups is 1. The van der Waals surface area contributed by atoms with Gasteiger partial charge in [-0.1, -0.05) is 12.1 Å². The molecule has 0 aliphatic rings. The van der Waals surface area contributed by atoms with Crippen LogP contribution in [0.5, 0.6) is 11.5 Å². The first-order valence-corrected chi connectivity index (χ1v) is 9.17. The molecule has 1 aromatic heterocycles. The minimum Gasteiger partial charge on any atom is -0.507 e. The van der Waals surface area contributed by atoms with Gasteiger partial charge in [-0.2, -0.15) is 5.10 Å². The first-order valence-electron chi connectivity index (χ1n) is 8.29. The summed E-state index contributed by atoms with van der Waals surface area (Å²) in [4.78, 5) is 15.8. The van der Waals surface area contributed by atoms with Crippen molar-refractivity contribution in [3.8, 4) is 11.5 Å². The fraction of sp³-hybridized carbons (Fsp3) is 0.211. The number of anilines is 1. The van der Waals surface area contributed by atoms with Crippen LogP contribution in [-0.2, 0) is 16.0 Å². The average Bonchev–Trinajstić information content (AvgIpc) is 3.10. The summed E-state index contributed by atoms with van der Waals surface area (Å²) < 4.78 is 10.2. The maximum atomic E-state index is 11.5. The van der Waals surface area contributed by atoms with Crippen LogP contribution in [0, 0.1) is 0 Å². The molecule has 3 aromatic rings. The monoisotopic (exact) mass is 385 g/mol. The van der Waals surface area contributed by atoms with E-state index >= 15 is 0 Å². The Balaban J connectivity index is 1.76. The second-order valence-corrected chi connectivity index (χ2v) is 6.44. The van der Waals surface area contributed by atoms with E-state index in [9.17, 15) is 9.90 Å². The molecule has 0 saturated carbocycles. The molecule has 0 unspecified atom stereocenters. The Morgan fingerprint density at radius 1 is 1.37 bits per heavy atom. The standard InChI is InChI=1S/C19H19N3O4S/c1-3-26-18(24)8-13-11-27-19(21-13)22-20-10-16-15-9-14(25-2)6-4-12(15)5-7-17(16)23/h4-7,9-11,23H,3,8H2,1-2H3,(H,21,22). The van der Waals surface area contributed by atoms with Gasteiger partial charge in [0.05, 0.1) is 32.0 Å². The van der Waals surface area contributed by atoms with Gasteiger partial charge in [-0.3, -0.25) is 10.2 Å². The van der Waals surface area contributed by atoms with Crippen LogP contribution in [0.2, 0.25) is 0 Å². The zero-order chi connectivity index (χ0) is 19.2. The van der Waals surface area contributed by atoms with E-state index in [2.05, 4.69) is 15.5 Å². The van der Waals surface area contributed by atoms with Crippen molar-refractivity contribution < 1.29 is 19.4 Å². The molecule has 0 saturated heterocycles. The van der Waals surface area contributed by atoms with Crippen molar-refractivity contribution in [3.05, 3.63) is 47.0 Å². The topological polar surface area (TPSA) is 93.0 Å². The van der Waals surface area contributed by atoms with E-state index < -0.39 is 0 Å². The molecule has 27 heavy (non-hydrogen) atoms. The molecule has 1 heterocycles. The summed E-state index contributed by atoms with van der Waals surface area (Å²) >= 11 is 1.33. The van der Waals surface area contributed by atoms with E-state index in [1.807, 2.05) is 24.3 Å². The number of nitrogens with zero attached hydrogens (tertiary/aromatic N) is 2. The molecule has 3 rings (SSSR count). The van der Waals surface area contributed by atoms with Gasteiger partial charge in [0.2, 0.25) is 5.13 Å². The Labute approximate surface area is 160 Å². The zero-order valence-electron chi connectivity index (χ0n) is 14.9. The molecule has 0 bridgehead atoms. The minimum atomic E-state index is -0.313. The largest absolute Gasteiger partial charge is 0.507 e. The van der Waals surface area contributed by atoms with Crippen LogP contribution in [-0.4, -0.2) is 36.0 Å². The summed E-state index contributed by atoms with van der Waals surface area (Å²) in [5.74, 6) is 0.496. The Morgan fingerprint density at radius 2 is 2.19 bits per heavy atom. The molecule has 0 fully saturated rings. The van der Waals surface area contributed by atoms with Crippen LogP contribution in [0.1, 0.15) is 18.2 Å². The van der Waals surface area contributed by atoms with Gasteiger partial charge in [0.15, 0.2) is 0 Å². The van der Waals surface area contributed by atoms with Gasteiger partial charge in [0.1, 0.15) is 11.5 Å². The number of phenolic OH excluding ortho intramolecular Hbond substituents is 1. The number of esters is 1. The number of thiazole rings is 1. The van der Waals surface area contributed by atoms with E-state index in [1.54, 1.807) is 25.5 Å². The van der Waals surface area contributed by atoms with Crippen molar-refractivity contribution in [2.45, 2.75) is 13.3 Å². The number of benzene rings is 2. The van der Waals surface area contributed by atoms with Gasteiger partial charge in [0.25, 0.3) is 0 Å². The maximum absolute atomic E-state index is 11.5. The lowest BCUT2D eigenvalue weighted by atomic mass is 10.0. The summed E-state index contributed by atoms with van der Waals surface area (Å²) in [5, 5.41) is 18.5. The SMILES string of the molecule is CCOC(=O)Cc1csc(NN=Cc2c(O)ccc3ccc(OC)cc23)n1. The molecule has 0 radical (unpaired) electrons. The van der Waals surface area contributed by atoms with Gasteiger partial charge < -0.3 is 14.6 Å². The van der Waals surface area contributed by atoms with E-state index in [0.29, 0.717) is 28.7 Å². The van der Waals surface area contributed by atoms with Crippen LogP contribution < -0.4 is 10.2 Å². The number of phenols is 1. The van der Waals surface area contributed by atoms with E-state index in [1.165, 1.54) is 17.6 Å². The maximum Gasteiger partial charge on any atom is 0.311 e. The van der Waals surface area contributed by atoms with Crippen molar-refractivity contribution in [3.63, 3.8) is 0 Å². The van der Waals surface area contributed by atoms with E-state index in [4.69, 9.17) is 9.47 Å². The Kier molecular flexibility index (Phi) is 5.87. The number of hydrazone groups is 1. The number of hydrogen-bond donors (Lipinski definition) is 2. The number of carbonyl (C=O) groups excluding carboxylic acids is 1. The number of aromatic nitrogens is 1. The smallest absolute Gasteiger partial charge is 0.311 e. The zero-order valence-corrected chi connectivity index (χ0v) is 15.7. The fourth-order valence-corrected chi connectivity index (χ4v) is 3.18. The summed E-state index contributed by atoms with van der Waals surface area (Å²) in [5.41, 5.74) is 4.01. The lowest BCUT2D eigenvalue weighted by Crippen LogP contribution is -2.07. The Hall–Kier alpha value is -3.13. The number of carbonyl (C=O) groups is 1. The second-order valence-electron chi connectivity index (χ2n) is 5.58. The number of methoxy groups -OCH3 is 1. The molecule has 0 aliphatic carbocycles. The van der Waals surface area contributed by atoms with Gasteiger partial charge in [0, 0.05) is 10.9 Å². The summed E-state index contributed by atoms with van der Waals surface area (Å²) in [6.45, 7) is 2.11. The molecule has 0 atom stereocenters. The lowest BCUT2D eigenvalue weighted by Gasteiger charge is -2.07. The van der Waals surface area contributed by atoms with Crippen LogP contribution in [0.15, 0.2) is 40.8 Å². The van der Waals surface area contributed by atoms with Crippen molar-refractivity contribution in [2.75, 3.05) is 19.1 Å². The molecular weight excluding hydrogens is 366 g/mol.